The summed E-state index contributed by atoms with van der Waals surface area (Å²) in [5.41, 5.74) is 2.46. The van der Waals surface area contributed by atoms with Crippen LogP contribution in [-0.2, 0) is 9.59 Å². The standard InChI is InChI=1S/C26H25N3O4S/c1-18(30)29(21-6-3-2-4-7-21)26-27-20(17-34-26)10-12-25(31)28-13-5-8-22(28)19-9-11-23-24(16-19)33-15-14-32-23/h2-4,6-7,9-12,16-17,22H,5,8,13-15H2,1H3. The van der Waals surface area contributed by atoms with E-state index in [9.17, 15) is 9.59 Å². The van der Waals surface area contributed by atoms with E-state index in [0.717, 1.165) is 35.6 Å². The van der Waals surface area contributed by atoms with Crippen molar-refractivity contribution in [3.05, 3.63) is 71.2 Å². The molecule has 2 amide bonds. The number of thiazole rings is 1. The molecule has 0 saturated carbocycles. The Labute approximate surface area is 202 Å². The van der Waals surface area contributed by atoms with Crippen LogP contribution >= 0.6 is 11.3 Å². The maximum Gasteiger partial charge on any atom is 0.247 e. The first kappa shape index (κ1) is 22.2. The highest BCUT2D eigenvalue weighted by atomic mass is 32.1. The lowest BCUT2D eigenvalue weighted by Crippen LogP contribution is -2.29. The summed E-state index contributed by atoms with van der Waals surface area (Å²) >= 11 is 1.37. The maximum absolute atomic E-state index is 13.1. The van der Waals surface area contributed by atoms with E-state index < -0.39 is 0 Å². The zero-order valence-corrected chi connectivity index (χ0v) is 19.7. The van der Waals surface area contributed by atoms with Crippen molar-refractivity contribution in [3.8, 4) is 11.5 Å². The Morgan fingerprint density at radius 2 is 1.91 bits per heavy atom. The lowest BCUT2D eigenvalue weighted by Gasteiger charge is -2.26. The van der Waals surface area contributed by atoms with Gasteiger partial charge in [-0.05, 0) is 48.7 Å². The minimum absolute atomic E-state index is 0.00487. The van der Waals surface area contributed by atoms with Crippen LogP contribution in [0, 0.1) is 0 Å². The molecular weight excluding hydrogens is 450 g/mol. The molecule has 1 aromatic heterocycles. The molecule has 2 aromatic carbocycles. The third kappa shape index (κ3) is 4.54. The number of aromatic nitrogens is 1. The first-order valence-electron chi connectivity index (χ1n) is 11.3. The number of rotatable bonds is 5. The molecule has 1 fully saturated rings. The normalized spacial score (nSPS) is 17.2. The second-order valence-corrected chi connectivity index (χ2v) is 9.01. The van der Waals surface area contributed by atoms with Gasteiger partial charge in [-0.2, -0.15) is 0 Å². The van der Waals surface area contributed by atoms with Crippen LogP contribution in [0.5, 0.6) is 11.5 Å². The monoisotopic (exact) mass is 475 g/mol. The highest BCUT2D eigenvalue weighted by Crippen LogP contribution is 2.38. The van der Waals surface area contributed by atoms with Crippen LogP contribution in [0.25, 0.3) is 6.08 Å². The zero-order valence-electron chi connectivity index (χ0n) is 18.8. The van der Waals surface area contributed by atoms with E-state index in [1.54, 1.807) is 17.1 Å². The second kappa shape index (κ2) is 9.69. The number of ether oxygens (including phenoxy) is 2. The number of fused-ring (bicyclic) bond motifs is 1. The molecule has 3 aromatic rings. The lowest BCUT2D eigenvalue weighted by atomic mass is 10.0. The van der Waals surface area contributed by atoms with Crippen molar-refractivity contribution >= 4 is 40.0 Å². The van der Waals surface area contributed by atoms with Gasteiger partial charge in [0.2, 0.25) is 11.8 Å². The number of carbonyl (C=O) groups excluding carboxylic acids is 2. The molecule has 34 heavy (non-hydrogen) atoms. The molecule has 0 radical (unpaired) electrons. The predicted octanol–water partition coefficient (Wildman–Crippen LogP) is 4.98. The third-order valence-corrected chi connectivity index (χ3v) is 6.76. The van der Waals surface area contributed by atoms with Gasteiger partial charge in [-0.25, -0.2) is 4.98 Å². The van der Waals surface area contributed by atoms with Crippen molar-refractivity contribution in [1.82, 2.24) is 9.88 Å². The Morgan fingerprint density at radius 3 is 2.71 bits per heavy atom. The molecule has 1 saturated heterocycles. The Kier molecular flexibility index (Phi) is 6.31. The summed E-state index contributed by atoms with van der Waals surface area (Å²) in [7, 11) is 0. The highest BCUT2D eigenvalue weighted by molar-refractivity contribution is 7.14. The van der Waals surface area contributed by atoms with E-state index in [1.165, 1.54) is 18.3 Å². The molecule has 2 aliphatic rings. The van der Waals surface area contributed by atoms with Gasteiger partial charge >= 0.3 is 0 Å². The summed E-state index contributed by atoms with van der Waals surface area (Å²) in [4.78, 5) is 33.3. The smallest absolute Gasteiger partial charge is 0.247 e. The summed E-state index contributed by atoms with van der Waals surface area (Å²) in [5, 5.41) is 2.42. The van der Waals surface area contributed by atoms with Crippen LogP contribution in [0.4, 0.5) is 10.8 Å². The molecule has 0 aliphatic carbocycles. The summed E-state index contributed by atoms with van der Waals surface area (Å²) in [6.07, 6.45) is 5.13. The number of hydrogen-bond acceptors (Lipinski definition) is 6. The quantitative estimate of drug-likeness (QED) is 0.487. The number of benzene rings is 2. The van der Waals surface area contributed by atoms with Gasteiger partial charge in [0.25, 0.3) is 0 Å². The van der Waals surface area contributed by atoms with E-state index >= 15 is 0 Å². The fourth-order valence-electron chi connectivity index (χ4n) is 4.36. The fraction of sp³-hybridized carbons (Fsp3) is 0.269. The van der Waals surface area contributed by atoms with Crippen molar-refractivity contribution in [1.29, 1.82) is 0 Å². The number of para-hydroxylation sites is 1. The molecule has 2 aliphatic heterocycles. The molecule has 174 valence electrons. The minimum Gasteiger partial charge on any atom is -0.486 e. The van der Waals surface area contributed by atoms with Gasteiger partial charge in [-0.15, -0.1) is 11.3 Å². The van der Waals surface area contributed by atoms with Gasteiger partial charge in [0.05, 0.1) is 17.4 Å². The van der Waals surface area contributed by atoms with Crippen LogP contribution in [0.15, 0.2) is 60.0 Å². The van der Waals surface area contributed by atoms with Crippen molar-refractivity contribution in [2.24, 2.45) is 0 Å². The van der Waals surface area contributed by atoms with E-state index in [0.29, 0.717) is 30.6 Å². The molecule has 0 N–H and O–H groups in total. The molecule has 0 spiro atoms. The van der Waals surface area contributed by atoms with Crippen LogP contribution < -0.4 is 14.4 Å². The minimum atomic E-state index is -0.119. The number of likely N-dealkylation sites (tertiary alicyclic amines) is 1. The SMILES string of the molecule is CC(=O)N(c1ccccc1)c1nc(C=CC(=O)N2CCCC2c2ccc3c(c2)OCCO3)cs1. The Hall–Kier alpha value is -3.65. The number of hydrogen-bond donors (Lipinski definition) is 0. The third-order valence-electron chi connectivity index (χ3n) is 5.91. The van der Waals surface area contributed by atoms with Crippen molar-refractivity contribution < 1.29 is 19.1 Å². The summed E-state index contributed by atoms with van der Waals surface area (Å²) in [6.45, 7) is 3.31. The average Bonchev–Trinajstić information content (AvgIpc) is 3.53. The molecule has 1 unspecified atom stereocenters. The van der Waals surface area contributed by atoms with Crippen molar-refractivity contribution in [2.75, 3.05) is 24.7 Å². The summed E-state index contributed by atoms with van der Waals surface area (Å²) in [6, 6.07) is 15.3. The van der Waals surface area contributed by atoms with Crippen LogP contribution in [-0.4, -0.2) is 41.5 Å². The van der Waals surface area contributed by atoms with Gasteiger partial charge in [0.15, 0.2) is 16.6 Å². The first-order valence-corrected chi connectivity index (χ1v) is 12.2. The largest absolute Gasteiger partial charge is 0.486 e. The molecule has 3 heterocycles. The molecular formula is C26H25N3O4S. The van der Waals surface area contributed by atoms with Gasteiger partial charge in [-0.1, -0.05) is 24.3 Å². The van der Waals surface area contributed by atoms with Gasteiger partial charge in [0, 0.05) is 24.9 Å². The molecule has 5 rings (SSSR count). The maximum atomic E-state index is 13.1. The highest BCUT2D eigenvalue weighted by Gasteiger charge is 2.30. The Bertz CT molecular complexity index is 1220. The van der Waals surface area contributed by atoms with Gasteiger partial charge in [-0.3, -0.25) is 14.5 Å². The van der Waals surface area contributed by atoms with E-state index in [4.69, 9.17) is 9.47 Å². The first-order chi connectivity index (χ1) is 16.6. The number of nitrogens with zero attached hydrogens (tertiary/aromatic N) is 3. The fourth-order valence-corrected chi connectivity index (χ4v) is 5.21. The van der Waals surface area contributed by atoms with Crippen LogP contribution in [0.2, 0.25) is 0 Å². The number of anilines is 2. The van der Waals surface area contributed by atoms with Crippen LogP contribution in [0.1, 0.15) is 37.1 Å². The lowest BCUT2D eigenvalue weighted by molar-refractivity contribution is -0.126. The van der Waals surface area contributed by atoms with Gasteiger partial charge in [0.1, 0.15) is 13.2 Å². The average molecular weight is 476 g/mol. The summed E-state index contributed by atoms with van der Waals surface area (Å²) < 4.78 is 11.3. The van der Waals surface area contributed by atoms with E-state index in [-0.39, 0.29) is 17.9 Å². The molecule has 1 atom stereocenters. The zero-order chi connectivity index (χ0) is 23.5. The predicted molar refractivity (Wildman–Crippen MR) is 132 cm³/mol. The van der Waals surface area contributed by atoms with Crippen molar-refractivity contribution in [3.63, 3.8) is 0 Å². The Morgan fingerprint density at radius 1 is 1.12 bits per heavy atom. The number of amides is 2. The van der Waals surface area contributed by atoms with Gasteiger partial charge < -0.3 is 14.4 Å². The summed E-state index contributed by atoms with van der Waals surface area (Å²) in [5.74, 6) is 1.31. The molecule has 7 nitrogen and oxygen atoms in total. The molecule has 0 bridgehead atoms. The second-order valence-electron chi connectivity index (χ2n) is 8.17. The van der Waals surface area contributed by atoms with E-state index in [2.05, 4.69) is 4.98 Å². The Balaban J connectivity index is 1.31. The molecule has 8 heteroatoms. The van der Waals surface area contributed by atoms with E-state index in [1.807, 2.05) is 58.8 Å². The van der Waals surface area contributed by atoms with Crippen molar-refractivity contribution in [2.45, 2.75) is 25.8 Å². The topological polar surface area (TPSA) is 72.0 Å². The van der Waals surface area contributed by atoms with Crippen LogP contribution in [0.3, 0.4) is 0 Å². The number of carbonyl (C=O) groups is 2.